The Morgan fingerprint density at radius 2 is 1.82 bits per heavy atom. The number of ketones is 1. The summed E-state index contributed by atoms with van der Waals surface area (Å²) in [4.78, 5) is 27.7. The number of aliphatic hydroxyl groups excluding tert-OH is 1. The minimum Gasteiger partial charge on any atom is -0.507 e. The highest BCUT2D eigenvalue weighted by atomic mass is 35.5. The fourth-order valence-electron chi connectivity index (χ4n) is 4.47. The van der Waals surface area contributed by atoms with Crippen LogP contribution in [0.5, 0.6) is 11.5 Å². The highest BCUT2D eigenvalue weighted by Crippen LogP contribution is 2.44. The smallest absolute Gasteiger partial charge is 0.295 e. The largest absolute Gasteiger partial charge is 0.507 e. The van der Waals surface area contributed by atoms with E-state index in [9.17, 15) is 14.7 Å². The third-order valence-electron chi connectivity index (χ3n) is 6.04. The first-order chi connectivity index (χ1) is 15.9. The van der Waals surface area contributed by atoms with Crippen LogP contribution in [-0.2, 0) is 14.3 Å². The van der Waals surface area contributed by atoms with Gasteiger partial charge in [-0.25, -0.2) is 0 Å². The van der Waals surface area contributed by atoms with Crippen molar-refractivity contribution in [3.63, 3.8) is 0 Å². The molecule has 3 aliphatic rings. The van der Waals surface area contributed by atoms with Gasteiger partial charge in [0.2, 0.25) is 0 Å². The average molecular weight is 490 g/mol. The van der Waals surface area contributed by atoms with E-state index < -0.39 is 17.7 Å². The number of hydrogen-bond donors (Lipinski definition) is 1. The number of Topliss-reactive ketones (excluding diaryl/α,β-unsaturated/α-hetero) is 1. The first-order valence-corrected chi connectivity index (χ1v) is 11.4. The number of aliphatic hydroxyl groups is 1. The van der Waals surface area contributed by atoms with Crippen molar-refractivity contribution >= 4 is 40.7 Å². The lowest BCUT2D eigenvalue weighted by molar-refractivity contribution is -0.140. The molecular formula is C24H21Cl2NO6. The zero-order valence-electron chi connectivity index (χ0n) is 17.6. The van der Waals surface area contributed by atoms with Crippen molar-refractivity contribution in [1.82, 2.24) is 4.90 Å². The summed E-state index contributed by atoms with van der Waals surface area (Å²) in [6.07, 6.45) is 1.48. The quantitative estimate of drug-likeness (QED) is 0.390. The fraction of sp³-hybridized carbons (Fsp3) is 0.333. The Hall–Kier alpha value is -2.74. The molecule has 0 bridgehead atoms. The lowest BCUT2D eigenvalue weighted by Crippen LogP contribution is -2.36. The first-order valence-electron chi connectivity index (χ1n) is 10.7. The number of halogens is 2. The molecule has 2 aromatic rings. The number of amides is 1. The van der Waals surface area contributed by atoms with Gasteiger partial charge in [-0.1, -0.05) is 29.3 Å². The Bertz CT molecular complexity index is 1160. The number of hydrogen-bond acceptors (Lipinski definition) is 6. The van der Waals surface area contributed by atoms with Crippen molar-refractivity contribution in [2.45, 2.75) is 25.0 Å². The molecule has 2 aromatic carbocycles. The summed E-state index contributed by atoms with van der Waals surface area (Å²) in [6, 6.07) is 8.85. The summed E-state index contributed by atoms with van der Waals surface area (Å²) in [5.74, 6) is -0.790. The molecule has 1 amide bonds. The van der Waals surface area contributed by atoms with Crippen LogP contribution < -0.4 is 9.47 Å². The van der Waals surface area contributed by atoms with E-state index in [2.05, 4.69) is 0 Å². The first kappa shape index (κ1) is 22.1. The van der Waals surface area contributed by atoms with Crippen molar-refractivity contribution < 1.29 is 28.9 Å². The number of nitrogens with zero attached hydrogens (tertiary/aromatic N) is 1. The Balaban J connectivity index is 1.63. The summed E-state index contributed by atoms with van der Waals surface area (Å²) in [7, 11) is 0. The number of rotatable bonds is 4. The molecular weight excluding hydrogens is 469 g/mol. The SMILES string of the molecule is O=C1C(=O)N(C[C@H]2CCCO2)[C@H](c2ccc(Cl)cc2Cl)C1=C(O)c1ccc2c(c1)OCCO2. The molecule has 3 aliphatic heterocycles. The second kappa shape index (κ2) is 8.89. The Morgan fingerprint density at radius 1 is 1.03 bits per heavy atom. The monoisotopic (exact) mass is 489 g/mol. The molecule has 1 N–H and O–H groups in total. The molecule has 3 heterocycles. The van der Waals surface area contributed by atoms with E-state index in [1.807, 2.05) is 0 Å². The van der Waals surface area contributed by atoms with Gasteiger partial charge < -0.3 is 24.2 Å². The van der Waals surface area contributed by atoms with E-state index in [0.29, 0.717) is 52.5 Å². The minimum atomic E-state index is -0.882. The molecule has 33 heavy (non-hydrogen) atoms. The van der Waals surface area contributed by atoms with Crippen LogP contribution in [-0.4, -0.2) is 54.2 Å². The molecule has 0 radical (unpaired) electrons. The predicted octanol–water partition coefficient (Wildman–Crippen LogP) is 4.37. The van der Waals surface area contributed by atoms with Crippen LogP contribution in [0.4, 0.5) is 0 Å². The van der Waals surface area contributed by atoms with Gasteiger partial charge in [0, 0.05) is 28.8 Å². The van der Waals surface area contributed by atoms with E-state index in [1.54, 1.807) is 36.4 Å². The summed E-state index contributed by atoms with van der Waals surface area (Å²) < 4.78 is 16.8. The predicted molar refractivity (Wildman–Crippen MR) is 122 cm³/mol. The summed E-state index contributed by atoms with van der Waals surface area (Å²) in [5.41, 5.74) is 0.792. The van der Waals surface area contributed by atoms with Gasteiger partial charge in [-0.15, -0.1) is 0 Å². The molecule has 2 fully saturated rings. The third kappa shape index (κ3) is 4.05. The molecule has 0 spiro atoms. The summed E-state index contributed by atoms with van der Waals surface area (Å²) in [6.45, 7) is 1.63. The fourth-order valence-corrected chi connectivity index (χ4v) is 4.98. The maximum Gasteiger partial charge on any atom is 0.295 e. The van der Waals surface area contributed by atoms with Crippen LogP contribution >= 0.6 is 23.2 Å². The van der Waals surface area contributed by atoms with E-state index in [0.717, 1.165) is 12.8 Å². The molecule has 0 aromatic heterocycles. The van der Waals surface area contributed by atoms with Crippen LogP contribution in [0, 0.1) is 0 Å². The zero-order chi connectivity index (χ0) is 23.1. The van der Waals surface area contributed by atoms with Crippen LogP contribution in [0.2, 0.25) is 10.0 Å². The highest BCUT2D eigenvalue weighted by molar-refractivity contribution is 6.47. The molecule has 2 saturated heterocycles. The van der Waals surface area contributed by atoms with Gasteiger partial charge in [0.15, 0.2) is 11.5 Å². The number of fused-ring (bicyclic) bond motifs is 1. The van der Waals surface area contributed by atoms with E-state index in [-0.39, 0.29) is 24.0 Å². The van der Waals surface area contributed by atoms with E-state index >= 15 is 0 Å². The average Bonchev–Trinajstić information content (AvgIpc) is 3.41. The van der Waals surface area contributed by atoms with Crippen molar-refractivity contribution in [2.24, 2.45) is 0 Å². The molecule has 0 saturated carbocycles. The second-order valence-electron chi connectivity index (χ2n) is 8.11. The van der Waals surface area contributed by atoms with Gasteiger partial charge in [-0.2, -0.15) is 0 Å². The van der Waals surface area contributed by atoms with E-state index in [4.69, 9.17) is 37.4 Å². The number of benzene rings is 2. The molecule has 172 valence electrons. The Kier molecular flexibility index (Phi) is 5.95. The number of carbonyl (C=O) groups excluding carboxylic acids is 2. The van der Waals surface area contributed by atoms with Crippen molar-refractivity contribution in [1.29, 1.82) is 0 Å². The molecule has 9 heteroatoms. The van der Waals surface area contributed by atoms with Crippen molar-refractivity contribution in [3.05, 3.63) is 63.1 Å². The normalized spacial score (nSPS) is 23.9. The molecule has 0 aliphatic carbocycles. The summed E-state index contributed by atoms with van der Waals surface area (Å²) in [5, 5.41) is 12.0. The lowest BCUT2D eigenvalue weighted by Gasteiger charge is -2.28. The standard InChI is InChI=1S/C24H21Cl2NO6/c25-14-4-5-16(17(26)11-14)21-20(23(29)24(30)27(21)12-15-2-1-7-31-15)22(28)13-3-6-18-19(10-13)33-9-8-32-18/h3-6,10-11,15,21,28H,1-2,7-9,12H2/t15-,21-/m1/s1. The van der Waals surface area contributed by atoms with E-state index in [1.165, 1.54) is 4.90 Å². The van der Waals surface area contributed by atoms with Gasteiger partial charge in [0.1, 0.15) is 19.0 Å². The van der Waals surface area contributed by atoms with Crippen LogP contribution in [0.15, 0.2) is 42.0 Å². The van der Waals surface area contributed by atoms with Crippen LogP contribution in [0.1, 0.15) is 30.0 Å². The molecule has 7 nitrogen and oxygen atoms in total. The number of likely N-dealkylation sites (tertiary alicyclic amines) is 1. The maximum absolute atomic E-state index is 13.2. The Labute approximate surface area is 200 Å². The number of carbonyl (C=O) groups is 2. The Morgan fingerprint density at radius 3 is 2.55 bits per heavy atom. The van der Waals surface area contributed by atoms with Gasteiger partial charge in [0.25, 0.3) is 11.7 Å². The second-order valence-corrected chi connectivity index (χ2v) is 8.95. The third-order valence-corrected chi connectivity index (χ3v) is 6.60. The summed E-state index contributed by atoms with van der Waals surface area (Å²) >= 11 is 12.6. The maximum atomic E-state index is 13.2. The van der Waals surface area contributed by atoms with Gasteiger partial charge >= 0.3 is 0 Å². The van der Waals surface area contributed by atoms with Crippen molar-refractivity contribution in [2.75, 3.05) is 26.4 Å². The van der Waals surface area contributed by atoms with Crippen LogP contribution in [0.3, 0.4) is 0 Å². The van der Waals surface area contributed by atoms with Gasteiger partial charge in [0.05, 0.1) is 17.7 Å². The highest BCUT2D eigenvalue weighted by Gasteiger charge is 2.47. The lowest BCUT2D eigenvalue weighted by atomic mass is 9.95. The molecule has 0 unspecified atom stereocenters. The zero-order valence-corrected chi connectivity index (χ0v) is 19.1. The number of ether oxygens (including phenoxy) is 3. The van der Waals surface area contributed by atoms with Crippen molar-refractivity contribution in [3.8, 4) is 11.5 Å². The van der Waals surface area contributed by atoms with Crippen LogP contribution in [0.25, 0.3) is 5.76 Å². The van der Waals surface area contributed by atoms with Gasteiger partial charge in [-0.3, -0.25) is 9.59 Å². The molecule has 2 atom stereocenters. The topological polar surface area (TPSA) is 85.3 Å². The van der Waals surface area contributed by atoms with Gasteiger partial charge in [-0.05, 0) is 48.7 Å². The minimum absolute atomic E-state index is 0.0427. The molecule has 5 rings (SSSR count).